The molecular formula is C17H14Cl2N2O5. The number of halogens is 2. The number of esters is 1. The Balaban J connectivity index is 1.96. The Morgan fingerprint density at radius 2 is 1.88 bits per heavy atom. The smallest absolute Gasteiger partial charge is 0.311 e. The molecule has 0 bridgehead atoms. The maximum atomic E-state index is 12.1. The van der Waals surface area contributed by atoms with Crippen LogP contribution in [0.3, 0.4) is 0 Å². The molecule has 1 amide bonds. The topological polar surface area (TPSA) is 98.5 Å². The second kappa shape index (κ2) is 8.64. The van der Waals surface area contributed by atoms with Gasteiger partial charge in [0.15, 0.2) is 6.10 Å². The van der Waals surface area contributed by atoms with E-state index in [9.17, 15) is 19.7 Å². The maximum Gasteiger partial charge on any atom is 0.311 e. The van der Waals surface area contributed by atoms with Crippen LogP contribution in [0.15, 0.2) is 42.5 Å². The third-order valence-electron chi connectivity index (χ3n) is 3.39. The van der Waals surface area contributed by atoms with E-state index in [0.717, 1.165) is 6.07 Å². The van der Waals surface area contributed by atoms with Crippen molar-refractivity contribution in [3.63, 3.8) is 0 Å². The molecule has 0 heterocycles. The van der Waals surface area contributed by atoms with Gasteiger partial charge >= 0.3 is 5.97 Å². The van der Waals surface area contributed by atoms with E-state index < -0.39 is 22.9 Å². The summed E-state index contributed by atoms with van der Waals surface area (Å²) >= 11 is 11.9. The molecule has 26 heavy (non-hydrogen) atoms. The van der Waals surface area contributed by atoms with Crippen LogP contribution in [0, 0.1) is 10.1 Å². The number of rotatable bonds is 6. The van der Waals surface area contributed by atoms with Gasteiger partial charge in [0, 0.05) is 17.2 Å². The van der Waals surface area contributed by atoms with Crippen LogP contribution in [-0.4, -0.2) is 22.9 Å². The Hall–Kier alpha value is -2.64. The molecule has 0 fully saturated rings. The first kappa shape index (κ1) is 19.7. The number of hydrogen-bond donors (Lipinski definition) is 1. The Bertz CT molecular complexity index is 857. The van der Waals surface area contributed by atoms with Gasteiger partial charge in [-0.3, -0.25) is 19.7 Å². The average molecular weight is 397 g/mol. The number of nitro benzene ring substituents is 1. The van der Waals surface area contributed by atoms with Gasteiger partial charge in [-0.15, -0.1) is 0 Å². The number of carbonyl (C=O) groups excluding carboxylic acids is 2. The van der Waals surface area contributed by atoms with Gasteiger partial charge in [-0.25, -0.2) is 0 Å². The molecule has 1 unspecified atom stereocenters. The number of non-ortho nitro benzene ring substituents is 1. The fourth-order valence-corrected chi connectivity index (χ4v) is 2.47. The number of amides is 1. The lowest BCUT2D eigenvalue weighted by Gasteiger charge is -2.14. The summed E-state index contributed by atoms with van der Waals surface area (Å²) in [6.07, 6.45) is -1.16. The van der Waals surface area contributed by atoms with Gasteiger partial charge in [0.05, 0.1) is 22.1 Å². The first-order chi connectivity index (χ1) is 12.3. The molecule has 0 aromatic heterocycles. The highest BCUT2D eigenvalue weighted by molar-refractivity contribution is 6.34. The molecule has 0 spiro atoms. The molecule has 2 aromatic carbocycles. The molecule has 9 heteroatoms. The average Bonchev–Trinajstić information content (AvgIpc) is 2.58. The van der Waals surface area contributed by atoms with E-state index in [0.29, 0.717) is 10.6 Å². The summed E-state index contributed by atoms with van der Waals surface area (Å²) in [6, 6.07) is 10.4. The van der Waals surface area contributed by atoms with E-state index in [1.165, 1.54) is 19.1 Å². The second-order valence-electron chi connectivity index (χ2n) is 5.31. The van der Waals surface area contributed by atoms with Crippen LogP contribution >= 0.6 is 23.2 Å². The highest BCUT2D eigenvalue weighted by atomic mass is 35.5. The van der Waals surface area contributed by atoms with Gasteiger partial charge in [-0.05, 0) is 24.6 Å². The zero-order chi connectivity index (χ0) is 19.3. The van der Waals surface area contributed by atoms with Crippen molar-refractivity contribution >= 4 is 46.5 Å². The van der Waals surface area contributed by atoms with Crippen LogP contribution in [0.2, 0.25) is 10.0 Å². The Morgan fingerprint density at radius 3 is 2.50 bits per heavy atom. The molecule has 136 valence electrons. The van der Waals surface area contributed by atoms with Gasteiger partial charge in [0.1, 0.15) is 0 Å². The van der Waals surface area contributed by atoms with E-state index in [2.05, 4.69) is 5.32 Å². The highest BCUT2D eigenvalue weighted by Gasteiger charge is 2.20. The van der Waals surface area contributed by atoms with Crippen molar-refractivity contribution in [1.29, 1.82) is 0 Å². The molecule has 2 rings (SSSR count). The highest BCUT2D eigenvalue weighted by Crippen LogP contribution is 2.26. The van der Waals surface area contributed by atoms with Gasteiger partial charge in [-0.2, -0.15) is 0 Å². The molecule has 2 aromatic rings. The van der Waals surface area contributed by atoms with Crippen molar-refractivity contribution in [2.24, 2.45) is 0 Å². The van der Waals surface area contributed by atoms with Gasteiger partial charge in [-0.1, -0.05) is 41.4 Å². The predicted molar refractivity (Wildman–Crippen MR) is 97.4 cm³/mol. The minimum absolute atomic E-state index is 0.00199. The molecule has 0 saturated heterocycles. The quantitative estimate of drug-likeness (QED) is 0.451. The zero-order valence-electron chi connectivity index (χ0n) is 13.6. The number of anilines is 1. The lowest BCUT2D eigenvalue weighted by Crippen LogP contribution is -2.30. The van der Waals surface area contributed by atoms with E-state index in [1.807, 2.05) is 0 Å². The number of nitrogens with zero attached hydrogens (tertiary/aromatic N) is 1. The van der Waals surface area contributed by atoms with Crippen LogP contribution in [0.5, 0.6) is 0 Å². The number of nitro groups is 1. The molecule has 1 N–H and O–H groups in total. The van der Waals surface area contributed by atoms with E-state index in [4.69, 9.17) is 27.9 Å². The summed E-state index contributed by atoms with van der Waals surface area (Å²) < 4.78 is 5.08. The Kier molecular flexibility index (Phi) is 6.54. The van der Waals surface area contributed by atoms with Crippen molar-refractivity contribution < 1.29 is 19.2 Å². The fraction of sp³-hybridized carbons (Fsp3) is 0.176. The van der Waals surface area contributed by atoms with Crippen LogP contribution in [0.4, 0.5) is 11.4 Å². The lowest BCUT2D eigenvalue weighted by molar-refractivity contribution is -0.384. The summed E-state index contributed by atoms with van der Waals surface area (Å²) in [5.41, 5.74) is 0.564. The van der Waals surface area contributed by atoms with Crippen molar-refractivity contribution in [3.8, 4) is 0 Å². The zero-order valence-corrected chi connectivity index (χ0v) is 15.1. The van der Waals surface area contributed by atoms with Gasteiger partial charge in [0.25, 0.3) is 11.6 Å². The Morgan fingerprint density at radius 1 is 1.19 bits per heavy atom. The number of carbonyl (C=O) groups is 2. The summed E-state index contributed by atoms with van der Waals surface area (Å²) in [4.78, 5) is 34.2. The van der Waals surface area contributed by atoms with E-state index in [1.54, 1.807) is 24.3 Å². The van der Waals surface area contributed by atoms with E-state index >= 15 is 0 Å². The third kappa shape index (κ3) is 5.18. The minimum atomic E-state index is -1.09. The summed E-state index contributed by atoms with van der Waals surface area (Å²) in [7, 11) is 0. The number of ether oxygens (including phenoxy) is 1. The lowest BCUT2D eigenvalue weighted by atomic mass is 10.1. The van der Waals surface area contributed by atoms with Crippen molar-refractivity contribution in [1.82, 2.24) is 0 Å². The number of benzene rings is 2. The first-order valence-electron chi connectivity index (χ1n) is 7.45. The third-order valence-corrected chi connectivity index (χ3v) is 4.07. The Labute approximate surface area is 159 Å². The largest absolute Gasteiger partial charge is 0.452 e. The van der Waals surface area contributed by atoms with E-state index in [-0.39, 0.29) is 22.8 Å². The summed E-state index contributed by atoms with van der Waals surface area (Å²) in [5, 5.41) is 13.6. The van der Waals surface area contributed by atoms with Crippen molar-refractivity contribution in [2.45, 2.75) is 19.4 Å². The standard InChI is InChI=1S/C17H14Cl2N2O5/c1-10(26-16(22)8-11-4-2-3-5-13(11)18)17(23)20-15-7-6-12(21(24)25)9-14(15)19/h2-7,9-10H,8H2,1H3,(H,20,23). The van der Waals surface area contributed by atoms with Crippen LogP contribution < -0.4 is 5.32 Å². The van der Waals surface area contributed by atoms with Crippen LogP contribution in [0.1, 0.15) is 12.5 Å². The molecule has 0 saturated carbocycles. The number of nitrogens with one attached hydrogen (secondary N) is 1. The van der Waals surface area contributed by atoms with Crippen LogP contribution in [-0.2, 0) is 20.7 Å². The predicted octanol–water partition coefficient (Wildman–Crippen LogP) is 4.01. The molecule has 7 nitrogen and oxygen atoms in total. The molecule has 1 atom stereocenters. The molecule has 0 aliphatic heterocycles. The SMILES string of the molecule is CC(OC(=O)Cc1ccccc1Cl)C(=O)Nc1ccc([N+](=O)[O-])cc1Cl. The first-order valence-corrected chi connectivity index (χ1v) is 8.21. The molecule has 0 radical (unpaired) electrons. The van der Waals surface area contributed by atoms with Gasteiger partial charge in [0.2, 0.25) is 0 Å². The summed E-state index contributed by atoms with van der Waals surface area (Å²) in [5.74, 6) is -1.23. The normalized spacial score (nSPS) is 11.5. The maximum absolute atomic E-state index is 12.1. The molecule has 0 aliphatic carbocycles. The number of hydrogen-bond acceptors (Lipinski definition) is 5. The van der Waals surface area contributed by atoms with Crippen LogP contribution in [0.25, 0.3) is 0 Å². The molecule has 0 aliphatic rings. The van der Waals surface area contributed by atoms with Gasteiger partial charge < -0.3 is 10.1 Å². The van der Waals surface area contributed by atoms with Crippen molar-refractivity contribution in [3.05, 3.63) is 68.2 Å². The minimum Gasteiger partial charge on any atom is -0.452 e. The molecular weight excluding hydrogens is 383 g/mol. The fourth-order valence-electron chi connectivity index (χ4n) is 2.04. The monoisotopic (exact) mass is 396 g/mol. The van der Waals surface area contributed by atoms with Crippen molar-refractivity contribution in [2.75, 3.05) is 5.32 Å². The second-order valence-corrected chi connectivity index (χ2v) is 6.13. The summed E-state index contributed by atoms with van der Waals surface area (Å²) in [6.45, 7) is 1.40.